The summed E-state index contributed by atoms with van der Waals surface area (Å²) in [5.41, 5.74) is 9.47. The largest absolute Gasteiger partial charge is 0.361 e. The summed E-state index contributed by atoms with van der Waals surface area (Å²) >= 11 is 0. The van der Waals surface area contributed by atoms with Gasteiger partial charge in [-0.25, -0.2) is 9.37 Å². The second kappa shape index (κ2) is 12.2. The number of rotatable bonds is 7. The summed E-state index contributed by atoms with van der Waals surface area (Å²) in [5.74, 6) is 0.0265. The molecule has 224 valence electrons. The molecule has 0 aliphatic carbocycles. The van der Waals surface area contributed by atoms with Crippen molar-refractivity contribution >= 4 is 46.2 Å². The number of nitrogens with zero attached hydrogens (tertiary/aromatic N) is 3. The molecule has 1 fully saturated rings. The fourth-order valence-corrected chi connectivity index (χ4v) is 5.86. The average Bonchev–Trinajstić information content (AvgIpc) is 3.57. The van der Waals surface area contributed by atoms with Crippen molar-refractivity contribution in [3.05, 3.63) is 90.4 Å². The Hall–Kier alpha value is -4.21. The van der Waals surface area contributed by atoms with Crippen LogP contribution in [0.4, 0.5) is 4.39 Å². The standard InChI is InChI=1S/C33H35FN6O2.ClH/c1-33(2,35)32(42)38-28(18-22-20-36-27-19-23(34)12-13-25(22)27)31(41)39-16-14-24(15-17-39)40-29-11-7-6-10-26(29)37-30(40)21-8-4-3-5-9-21;/h3-13,19-20,24,28,36H,14-18,35H2,1-2H3,(H,38,42);1H. The number of aromatic nitrogens is 3. The van der Waals surface area contributed by atoms with Gasteiger partial charge in [0.15, 0.2) is 0 Å². The van der Waals surface area contributed by atoms with Gasteiger partial charge in [-0.2, -0.15) is 0 Å². The second-order valence-corrected chi connectivity index (χ2v) is 11.7. The quantitative estimate of drug-likeness (QED) is 0.233. The molecule has 0 radical (unpaired) electrons. The number of likely N-dealkylation sites (tertiary alicyclic amines) is 1. The van der Waals surface area contributed by atoms with Gasteiger partial charge in [-0.05, 0) is 62.6 Å². The van der Waals surface area contributed by atoms with Crippen molar-refractivity contribution in [1.29, 1.82) is 0 Å². The molecule has 1 unspecified atom stereocenters. The molecule has 0 spiro atoms. The van der Waals surface area contributed by atoms with Gasteiger partial charge in [0.05, 0.1) is 16.6 Å². The normalized spacial score (nSPS) is 14.9. The Balaban J connectivity index is 0.00000368. The average molecular weight is 603 g/mol. The molecule has 2 aromatic heterocycles. The lowest BCUT2D eigenvalue weighted by molar-refractivity contribution is -0.138. The van der Waals surface area contributed by atoms with Gasteiger partial charge in [0.1, 0.15) is 17.7 Å². The molecule has 3 heterocycles. The predicted molar refractivity (Wildman–Crippen MR) is 169 cm³/mol. The molecule has 1 saturated heterocycles. The number of carbonyl (C=O) groups excluding carboxylic acids is 2. The van der Waals surface area contributed by atoms with E-state index in [1.807, 2.05) is 41.3 Å². The first-order valence-corrected chi connectivity index (χ1v) is 14.4. The molecular formula is C33H36ClFN6O2. The molecule has 0 saturated carbocycles. The lowest BCUT2D eigenvalue weighted by Gasteiger charge is -2.36. The van der Waals surface area contributed by atoms with Gasteiger partial charge in [-0.15, -0.1) is 12.4 Å². The van der Waals surface area contributed by atoms with Gasteiger partial charge >= 0.3 is 0 Å². The van der Waals surface area contributed by atoms with Crippen LogP contribution in [0.15, 0.2) is 79.0 Å². The molecule has 4 N–H and O–H groups in total. The fraction of sp³-hybridized carbons (Fsp3) is 0.303. The number of aromatic amines is 1. The highest BCUT2D eigenvalue weighted by molar-refractivity contribution is 5.92. The Morgan fingerprint density at radius 2 is 1.77 bits per heavy atom. The van der Waals surface area contributed by atoms with Crippen molar-refractivity contribution in [3.63, 3.8) is 0 Å². The molecule has 1 aliphatic rings. The van der Waals surface area contributed by atoms with Crippen LogP contribution in [0.3, 0.4) is 0 Å². The maximum atomic E-state index is 14.0. The highest BCUT2D eigenvalue weighted by Gasteiger charge is 2.34. The van der Waals surface area contributed by atoms with E-state index in [9.17, 15) is 14.0 Å². The Kier molecular flexibility index (Phi) is 8.57. The minimum absolute atomic E-state index is 0. The third-order valence-electron chi connectivity index (χ3n) is 8.11. The van der Waals surface area contributed by atoms with Gasteiger partial charge < -0.3 is 25.5 Å². The Morgan fingerprint density at radius 3 is 2.49 bits per heavy atom. The van der Waals surface area contributed by atoms with Gasteiger partial charge in [0.2, 0.25) is 11.8 Å². The van der Waals surface area contributed by atoms with Crippen molar-refractivity contribution < 1.29 is 14.0 Å². The van der Waals surface area contributed by atoms with Crippen LogP contribution in [0, 0.1) is 5.82 Å². The van der Waals surface area contributed by atoms with Crippen LogP contribution < -0.4 is 11.1 Å². The molecule has 1 atom stereocenters. The lowest BCUT2D eigenvalue weighted by atomic mass is 9.98. The molecule has 8 nitrogen and oxygen atoms in total. The number of piperidine rings is 1. The highest BCUT2D eigenvalue weighted by atomic mass is 35.5. The zero-order valence-electron chi connectivity index (χ0n) is 24.2. The van der Waals surface area contributed by atoms with Crippen LogP contribution in [-0.2, 0) is 16.0 Å². The van der Waals surface area contributed by atoms with E-state index in [0.29, 0.717) is 18.6 Å². The number of fused-ring (bicyclic) bond motifs is 2. The fourth-order valence-electron chi connectivity index (χ4n) is 5.86. The zero-order valence-corrected chi connectivity index (χ0v) is 25.0. The topological polar surface area (TPSA) is 109 Å². The Morgan fingerprint density at radius 1 is 1.07 bits per heavy atom. The van der Waals surface area contributed by atoms with E-state index in [-0.39, 0.29) is 36.6 Å². The van der Waals surface area contributed by atoms with Crippen LogP contribution in [0.1, 0.15) is 38.3 Å². The van der Waals surface area contributed by atoms with Crippen LogP contribution in [-0.4, -0.2) is 55.9 Å². The molecule has 3 aromatic carbocycles. The summed E-state index contributed by atoms with van der Waals surface area (Å²) in [4.78, 5) is 36.8. The first-order chi connectivity index (χ1) is 20.2. The smallest absolute Gasteiger partial charge is 0.245 e. The van der Waals surface area contributed by atoms with Crippen LogP contribution in [0.5, 0.6) is 0 Å². The number of benzene rings is 3. The van der Waals surface area contributed by atoms with Gasteiger partial charge in [0.25, 0.3) is 0 Å². The number of amides is 2. The Bertz CT molecular complexity index is 1750. The molecule has 1 aliphatic heterocycles. The van der Waals surface area contributed by atoms with Crippen LogP contribution in [0.2, 0.25) is 0 Å². The summed E-state index contributed by atoms with van der Waals surface area (Å²) in [6.45, 7) is 4.32. The number of carbonyl (C=O) groups is 2. The number of imidazole rings is 1. The molecule has 0 bridgehead atoms. The van der Waals surface area contributed by atoms with Gasteiger partial charge in [-0.1, -0.05) is 42.5 Å². The third-order valence-corrected chi connectivity index (χ3v) is 8.11. The number of nitrogens with two attached hydrogens (primary N) is 1. The molecule has 6 rings (SSSR count). The van der Waals surface area contributed by atoms with E-state index >= 15 is 0 Å². The minimum Gasteiger partial charge on any atom is -0.361 e. The van der Waals surface area contributed by atoms with E-state index in [4.69, 9.17) is 10.7 Å². The molecule has 2 amide bonds. The van der Waals surface area contributed by atoms with Crippen molar-refractivity contribution in [3.8, 4) is 11.4 Å². The van der Waals surface area contributed by atoms with Crippen molar-refractivity contribution in [1.82, 2.24) is 24.8 Å². The predicted octanol–water partition coefficient (Wildman–Crippen LogP) is 5.37. The van der Waals surface area contributed by atoms with E-state index in [1.54, 1.807) is 26.1 Å². The summed E-state index contributed by atoms with van der Waals surface area (Å²) in [6.07, 6.45) is 3.53. The monoisotopic (exact) mass is 602 g/mol. The summed E-state index contributed by atoms with van der Waals surface area (Å²) in [5, 5.41) is 3.72. The highest BCUT2D eigenvalue weighted by Crippen LogP contribution is 2.33. The van der Waals surface area contributed by atoms with Crippen LogP contribution >= 0.6 is 12.4 Å². The van der Waals surface area contributed by atoms with E-state index < -0.39 is 17.5 Å². The van der Waals surface area contributed by atoms with Crippen molar-refractivity contribution in [2.45, 2.75) is 50.7 Å². The maximum Gasteiger partial charge on any atom is 0.245 e. The van der Waals surface area contributed by atoms with E-state index in [1.165, 1.54) is 12.1 Å². The number of para-hydroxylation sites is 2. The summed E-state index contributed by atoms with van der Waals surface area (Å²) in [6, 6.07) is 22.2. The Labute approximate surface area is 255 Å². The number of hydrogen-bond donors (Lipinski definition) is 3. The first-order valence-electron chi connectivity index (χ1n) is 14.4. The third kappa shape index (κ3) is 6.14. The summed E-state index contributed by atoms with van der Waals surface area (Å²) in [7, 11) is 0. The number of hydrogen-bond acceptors (Lipinski definition) is 4. The van der Waals surface area contributed by atoms with E-state index in [0.717, 1.165) is 46.2 Å². The second-order valence-electron chi connectivity index (χ2n) is 11.7. The first kappa shape index (κ1) is 30.3. The number of nitrogens with one attached hydrogen (secondary N) is 2. The minimum atomic E-state index is -1.15. The molecule has 10 heteroatoms. The van der Waals surface area contributed by atoms with Crippen LogP contribution in [0.25, 0.3) is 33.3 Å². The maximum absolute atomic E-state index is 14.0. The molecule has 5 aromatic rings. The molecule has 43 heavy (non-hydrogen) atoms. The zero-order chi connectivity index (χ0) is 29.4. The van der Waals surface area contributed by atoms with Gasteiger partial charge in [0, 0.05) is 48.2 Å². The van der Waals surface area contributed by atoms with Crippen molar-refractivity contribution in [2.75, 3.05) is 13.1 Å². The number of halogens is 2. The number of H-pyrrole nitrogens is 1. The summed E-state index contributed by atoms with van der Waals surface area (Å²) < 4.78 is 16.1. The van der Waals surface area contributed by atoms with Crippen molar-refractivity contribution in [2.24, 2.45) is 5.73 Å². The lowest BCUT2D eigenvalue weighted by Crippen LogP contribution is -2.57. The van der Waals surface area contributed by atoms with E-state index in [2.05, 4.69) is 33.1 Å². The molecular weight excluding hydrogens is 567 g/mol. The van der Waals surface area contributed by atoms with Gasteiger partial charge in [-0.3, -0.25) is 9.59 Å². The SMILES string of the molecule is CC(C)(N)C(=O)NC(Cc1c[nH]c2cc(F)ccc12)C(=O)N1CCC(n2c(-c3ccccc3)nc3ccccc32)CC1.Cl.